The van der Waals surface area contributed by atoms with E-state index in [1.54, 1.807) is 12.1 Å². The van der Waals surface area contributed by atoms with Crippen molar-refractivity contribution in [2.75, 3.05) is 0 Å². The number of aliphatic carboxylic acids is 1. The number of carbonyl (C=O) groups is 1. The monoisotopic (exact) mass is 310 g/mol. The predicted octanol–water partition coefficient (Wildman–Crippen LogP) is 2.58. The highest BCUT2D eigenvalue weighted by Crippen LogP contribution is 2.11. The van der Waals surface area contributed by atoms with Crippen LogP contribution < -0.4 is 5.73 Å². The van der Waals surface area contributed by atoms with E-state index in [9.17, 15) is 4.79 Å². The molecular weight excluding hydrogens is 292 g/mol. The van der Waals surface area contributed by atoms with Crippen molar-refractivity contribution >= 4 is 16.7 Å². The van der Waals surface area contributed by atoms with Crippen LogP contribution in [0.2, 0.25) is 0 Å². The van der Waals surface area contributed by atoms with Crippen molar-refractivity contribution in [1.82, 2.24) is 4.98 Å². The second-order valence-corrected chi connectivity index (χ2v) is 5.04. The normalized spacial score (nSPS) is 11.3. The molecule has 0 aliphatic carbocycles. The Balaban J connectivity index is 0.000000172. The topological polar surface area (TPSA) is 96.4 Å². The largest absolute Gasteiger partial charge is 0.508 e. The summed E-state index contributed by atoms with van der Waals surface area (Å²) in [5, 5.41) is 19.9. The molecule has 4 N–H and O–H groups in total. The number of rotatable bonds is 3. The van der Waals surface area contributed by atoms with Gasteiger partial charge in [0.1, 0.15) is 11.8 Å². The number of pyridine rings is 1. The zero-order valence-corrected chi connectivity index (χ0v) is 12.5. The number of carboxylic acid groups (broad SMARTS) is 1. The quantitative estimate of drug-likeness (QED) is 0.691. The maximum Gasteiger partial charge on any atom is 0.320 e. The Kier molecular flexibility index (Phi) is 5.66. The average Bonchev–Trinajstić information content (AvgIpc) is 2.57. The van der Waals surface area contributed by atoms with Crippen molar-refractivity contribution in [3.8, 4) is 5.75 Å². The fraction of sp³-hybridized carbons (Fsp3) is 0.111. The molecule has 0 amide bonds. The van der Waals surface area contributed by atoms with Gasteiger partial charge < -0.3 is 15.9 Å². The number of phenolic OH excluding ortho intramolecular Hbond substituents is 1. The van der Waals surface area contributed by atoms with Crippen LogP contribution in [0.15, 0.2) is 67.0 Å². The number of hydrogen-bond donors (Lipinski definition) is 3. The summed E-state index contributed by atoms with van der Waals surface area (Å²) in [6.45, 7) is 0. The van der Waals surface area contributed by atoms with Crippen LogP contribution in [0.25, 0.3) is 10.8 Å². The lowest BCUT2D eigenvalue weighted by Crippen LogP contribution is -2.32. The lowest BCUT2D eigenvalue weighted by atomic mass is 10.1. The molecule has 0 aliphatic heterocycles. The van der Waals surface area contributed by atoms with Gasteiger partial charge in [0, 0.05) is 12.4 Å². The van der Waals surface area contributed by atoms with E-state index < -0.39 is 12.0 Å². The van der Waals surface area contributed by atoms with Gasteiger partial charge in [0.2, 0.25) is 0 Å². The van der Waals surface area contributed by atoms with Gasteiger partial charge in [-0.25, -0.2) is 0 Å². The maximum absolute atomic E-state index is 10.4. The molecule has 0 aliphatic rings. The minimum atomic E-state index is -1.02. The molecule has 1 atom stereocenters. The molecule has 0 radical (unpaired) electrons. The molecule has 0 bridgehead atoms. The van der Waals surface area contributed by atoms with Gasteiger partial charge in [-0.15, -0.1) is 0 Å². The van der Waals surface area contributed by atoms with E-state index in [1.807, 2.05) is 30.6 Å². The average molecular weight is 310 g/mol. The molecular formula is C18H18N2O3. The van der Waals surface area contributed by atoms with Gasteiger partial charge in [-0.1, -0.05) is 36.4 Å². The lowest BCUT2D eigenvalue weighted by Gasteiger charge is -2.05. The molecule has 3 rings (SSSR count). The van der Waals surface area contributed by atoms with E-state index in [0.29, 0.717) is 0 Å². The first-order chi connectivity index (χ1) is 11.1. The van der Waals surface area contributed by atoms with E-state index in [1.165, 1.54) is 22.9 Å². The number of hydrogen-bond acceptors (Lipinski definition) is 4. The van der Waals surface area contributed by atoms with Gasteiger partial charge in [0.05, 0.1) is 0 Å². The van der Waals surface area contributed by atoms with E-state index in [4.69, 9.17) is 15.9 Å². The van der Waals surface area contributed by atoms with Crippen LogP contribution in [0.1, 0.15) is 5.56 Å². The number of nitrogens with zero attached hydrogens (tertiary/aromatic N) is 1. The van der Waals surface area contributed by atoms with Crippen molar-refractivity contribution in [1.29, 1.82) is 0 Å². The van der Waals surface area contributed by atoms with E-state index in [2.05, 4.69) is 17.1 Å². The number of benzene rings is 2. The number of carboxylic acids is 1. The van der Waals surface area contributed by atoms with E-state index in [0.717, 1.165) is 5.56 Å². The molecule has 23 heavy (non-hydrogen) atoms. The summed E-state index contributed by atoms with van der Waals surface area (Å²) in [5.41, 5.74) is 6.12. The van der Waals surface area contributed by atoms with E-state index >= 15 is 0 Å². The van der Waals surface area contributed by atoms with Crippen molar-refractivity contribution < 1.29 is 15.0 Å². The third-order valence-corrected chi connectivity index (χ3v) is 3.26. The number of nitrogens with two attached hydrogens (primary N) is 1. The van der Waals surface area contributed by atoms with Crippen LogP contribution >= 0.6 is 0 Å². The van der Waals surface area contributed by atoms with Crippen LogP contribution in [0.5, 0.6) is 5.75 Å². The number of aromatic nitrogens is 1. The summed E-state index contributed by atoms with van der Waals surface area (Å²) >= 11 is 0. The lowest BCUT2D eigenvalue weighted by molar-refractivity contribution is -0.138. The molecule has 0 fully saturated rings. The zero-order chi connectivity index (χ0) is 16.7. The van der Waals surface area contributed by atoms with Crippen molar-refractivity contribution in [3.05, 3.63) is 72.6 Å². The van der Waals surface area contributed by atoms with Crippen LogP contribution in [-0.4, -0.2) is 27.2 Å². The summed E-state index contributed by atoms with van der Waals surface area (Å²) < 4.78 is 0. The number of aromatic hydroxyl groups is 1. The molecule has 118 valence electrons. The summed E-state index contributed by atoms with van der Waals surface area (Å²) in [7, 11) is 0. The highest BCUT2D eigenvalue weighted by Gasteiger charge is 2.11. The minimum Gasteiger partial charge on any atom is -0.508 e. The molecule has 5 nitrogen and oxygen atoms in total. The predicted molar refractivity (Wildman–Crippen MR) is 89.2 cm³/mol. The first kappa shape index (κ1) is 16.5. The molecule has 3 aromatic rings. The standard InChI is InChI=1S/C9H11NO3.C9H7N/c10-8(9(12)13)5-6-1-3-7(11)4-2-6;1-2-4-9-7-10-6-5-8(9)3-1/h1-4,8,11H,5,10H2,(H,12,13);1-7H/t8-;/m0./s1. The molecule has 1 aromatic heterocycles. The summed E-state index contributed by atoms with van der Waals surface area (Å²) in [5.74, 6) is -0.860. The van der Waals surface area contributed by atoms with Crippen molar-refractivity contribution in [2.45, 2.75) is 12.5 Å². The molecule has 1 heterocycles. The van der Waals surface area contributed by atoms with E-state index in [-0.39, 0.29) is 12.2 Å². The molecule has 0 saturated carbocycles. The third-order valence-electron chi connectivity index (χ3n) is 3.26. The Morgan fingerprint density at radius 3 is 2.30 bits per heavy atom. The highest BCUT2D eigenvalue weighted by molar-refractivity contribution is 5.80. The summed E-state index contributed by atoms with van der Waals surface area (Å²) in [6.07, 6.45) is 3.95. The van der Waals surface area contributed by atoms with Crippen LogP contribution in [0, 0.1) is 0 Å². The second kappa shape index (κ2) is 7.91. The molecule has 0 spiro atoms. The first-order valence-electron chi connectivity index (χ1n) is 7.11. The number of fused-ring (bicyclic) bond motifs is 1. The third kappa shape index (κ3) is 5.09. The Morgan fingerprint density at radius 1 is 1.04 bits per heavy atom. The fourth-order valence-corrected chi connectivity index (χ4v) is 2.00. The van der Waals surface area contributed by atoms with Gasteiger partial charge in [0.25, 0.3) is 0 Å². The van der Waals surface area contributed by atoms with Gasteiger partial charge in [-0.05, 0) is 41.0 Å². The fourth-order valence-electron chi connectivity index (χ4n) is 2.00. The highest BCUT2D eigenvalue weighted by atomic mass is 16.4. The first-order valence-corrected chi connectivity index (χ1v) is 7.11. The van der Waals surface area contributed by atoms with Crippen LogP contribution in [-0.2, 0) is 11.2 Å². The van der Waals surface area contributed by atoms with Crippen LogP contribution in [0.4, 0.5) is 0 Å². The Bertz CT molecular complexity index is 707. The molecule has 0 saturated heterocycles. The van der Waals surface area contributed by atoms with Gasteiger partial charge >= 0.3 is 5.97 Å². The minimum absolute atomic E-state index is 0.160. The maximum atomic E-state index is 10.4. The Hall–Kier alpha value is -2.92. The SMILES string of the molecule is N[C@@H](Cc1ccc(O)cc1)C(=O)O.c1ccc2cnccc2c1. The van der Waals surface area contributed by atoms with Crippen molar-refractivity contribution in [2.24, 2.45) is 5.73 Å². The smallest absolute Gasteiger partial charge is 0.320 e. The summed E-state index contributed by atoms with van der Waals surface area (Å²) in [6, 6.07) is 15.6. The molecule has 0 unspecified atom stereocenters. The van der Waals surface area contributed by atoms with Crippen LogP contribution in [0.3, 0.4) is 0 Å². The summed E-state index contributed by atoms with van der Waals surface area (Å²) in [4.78, 5) is 14.4. The molecule has 5 heteroatoms. The number of phenols is 1. The second-order valence-electron chi connectivity index (χ2n) is 5.04. The van der Waals surface area contributed by atoms with Gasteiger partial charge in [0.15, 0.2) is 0 Å². The molecule has 2 aromatic carbocycles. The Labute approximate surface area is 134 Å². The van der Waals surface area contributed by atoms with Gasteiger partial charge in [-0.3, -0.25) is 9.78 Å². The van der Waals surface area contributed by atoms with Crippen molar-refractivity contribution in [3.63, 3.8) is 0 Å². The Morgan fingerprint density at radius 2 is 1.70 bits per heavy atom. The zero-order valence-electron chi connectivity index (χ0n) is 12.5. The van der Waals surface area contributed by atoms with Gasteiger partial charge in [-0.2, -0.15) is 0 Å².